The third-order valence-corrected chi connectivity index (χ3v) is 5.14. The van der Waals surface area contributed by atoms with Crippen molar-refractivity contribution in [3.63, 3.8) is 0 Å². The Morgan fingerprint density at radius 1 is 1.46 bits per heavy atom. The van der Waals surface area contributed by atoms with Gasteiger partial charge in [0.2, 0.25) is 0 Å². The average Bonchev–Trinajstić information content (AvgIpc) is 2.86. The van der Waals surface area contributed by atoms with Crippen LogP contribution in [0.15, 0.2) is 24.4 Å². The van der Waals surface area contributed by atoms with Gasteiger partial charge >= 0.3 is 0 Å². The van der Waals surface area contributed by atoms with Crippen molar-refractivity contribution in [2.75, 3.05) is 17.6 Å². The summed E-state index contributed by atoms with van der Waals surface area (Å²) in [6.07, 6.45) is 2.67. The number of carbonyl (C=O) groups excluding carboxylic acids is 1. The Kier molecular flexibility index (Phi) is 3.15. The highest BCUT2D eigenvalue weighted by molar-refractivity contribution is 6.00. The Balaban J connectivity index is 1.83. The third kappa shape index (κ3) is 2.03. The van der Waals surface area contributed by atoms with Gasteiger partial charge in [0.05, 0.1) is 11.7 Å². The topological polar surface area (TPSA) is 88.2 Å². The molecule has 2 aliphatic rings. The molecule has 2 heterocycles. The van der Waals surface area contributed by atoms with Gasteiger partial charge in [-0.1, -0.05) is 0 Å². The predicted molar refractivity (Wildman–Crippen MR) is 89.5 cm³/mol. The van der Waals surface area contributed by atoms with E-state index in [9.17, 15) is 14.3 Å². The van der Waals surface area contributed by atoms with Crippen LogP contribution in [0.25, 0.3) is 11.1 Å². The molecule has 1 fully saturated rings. The molecule has 4 N–H and O–H groups in total. The molecular formula is C18H18FN3O2. The second-order valence-corrected chi connectivity index (χ2v) is 6.76. The van der Waals surface area contributed by atoms with Crippen LogP contribution in [-0.4, -0.2) is 28.5 Å². The zero-order chi connectivity index (χ0) is 17.1. The molecule has 1 spiro atoms. The summed E-state index contributed by atoms with van der Waals surface area (Å²) < 4.78 is 14.8. The summed E-state index contributed by atoms with van der Waals surface area (Å²) in [4.78, 5) is 16.1. The zero-order valence-corrected chi connectivity index (χ0v) is 13.3. The van der Waals surface area contributed by atoms with Gasteiger partial charge in [-0.25, -0.2) is 9.37 Å². The number of nitrogens with zero attached hydrogens (tertiary/aromatic N) is 1. The largest absolute Gasteiger partial charge is 0.398 e. The molecule has 0 bridgehead atoms. The summed E-state index contributed by atoms with van der Waals surface area (Å²) in [6.45, 7) is 2.03. The van der Waals surface area contributed by atoms with E-state index in [0.717, 1.165) is 17.9 Å². The highest BCUT2D eigenvalue weighted by atomic mass is 19.1. The molecule has 1 aliphatic heterocycles. The van der Waals surface area contributed by atoms with Crippen molar-refractivity contribution in [3.05, 3.63) is 41.3 Å². The van der Waals surface area contributed by atoms with E-state index in [1.807, 2.05) is 6.07 Å². The Morgan fingerprint density at radius 2 is 2.21 bits per heavy atom. The number of halogens is 1. The van der Waals surface area contributed by atoms with Gasteiger partial charge in [-0.15, -0.1) is 0 Å². The maximum absolute atomic E-state index is 14.8. The molecule has 4 rings (SSSR count). The zero-order valence-electron chi connectivity index (χ0n) is 13.3. The number of aliphatic hydroxyl groups excluding tert-OH is 1. The first kappa shape index (κ1) is 15.1. The monoisotopic (exact) mass is 327 g/mol. The van der Waals surface area contributed by atoms with Crippen molar-refractivity contribution in [2.45, 2.75) is 31.3 Å². The molecule has 0 unspecified atom stereocenters. The Labute approximate surface area is 138 Å². The standard InChI is InChI=1S/C18H18FN3O2/c1-9(23)15-14(20)3-2-12(16(15)19)10-4-13-17(21-7-10)22-8-18(13)5-11(24)6-18/h2-4,7,11,24H,5-6,8,20H2,1H3,(H,21,22). The average molecular weight is 327 g/mol. The van der Waals surface area contributed by atoms with E-state index < -0.39 is 11.6 Å². The minimum Gasteiger partial charge on any atom is -0.398 e. The van der Waals surface area contributed by atoms with Gasteiger partial charge in [0.25, 0.3) is 0 Å². The molecule has 5 nitrogen and oxygen atoms in total. The molecule has 0 saturated heterocycles. The van der Waals surface area contributed by atoms with E-state index in [-0.39, 0.29) is 22.8 Å². The second kappa shape index (κ2) is 5.01. The van der Waals surface area contributed by atoms with E-state index in [0.29, 0.717) is 24.0 Å². The lowest BCUT2D eigenvalue weighted by Crippen LogP contribution is -2.46. The number of carbonyl (C=O) groups is 1. The molecule has 0 radical (unpaired) electrons. The maximum atomic E-state index is 14.8. The van der Waals surface area contributed by atoms with Gasteiger partial charge in [-0.3, -0.25) is 4.79 Å². The summed E-state index contributed by atoms with van der Waals surface area (Å²) in [6, 6.07) is 5.03. The number of hydrogen-bond donors (Lipinski definition) is 3. The Hall–Kier alpha value is -2.47. The Bertz CT molecular complexity index is 854. The molecule has 1 saturated carbocycles. The first-order chi connectivity index (χ1) is 11.4. The van der Waals surface area contributed by atoms with Crippen molar-refractivity contribution in [2.24, 2.45) is 0 Å². The summed E-state index contributed by atoms with van der Waals surface area (Å²) in [5, 5.41) is 13.0. The molecule has 24 heavy (non-hydrogen) atoms. The van der Waals surface area contributed by atoms with Crippen molar-refractivity contribution >= 4 is 17.3 Å². The molecule has 2 aromatic rings. The van der Waals surface area contributed by atoms with Crippen LogP contribution < -0.4 is 11.1 Å². The number of nitrogens with one attached hydrogen (secondary N) is 1. The van der Waals surface area contributed by atoms with Crippen LogP contribution in [0.4, 0.5) is 15.9 Å². The lowest BCUT2D eigenvalue weighted by atomic mass is 9.64. The molecule has 124 valence electrons. The van der Waals surface area contributed by atoms with Crippen LogP contribution in [-0.2, 0) is 5.41 Å². The number of nitrogen functional groups attached to an aromatic ring is 1. The smallest absolute Gasteiger partial charge is 0.164 e. The van der Waals surface area contributed by atoms with Crippen LogP contribution in [0.2, 0.25) is 0 Å². The summed E-state index contributed by atoms with van der Waals surface area (Å²) in [7, 11) is 0. The fourth-order valence-corrected chi connectivity index (χ4v) is 3.88. The van der Waals surface area contributed by atoms with Crippen LogP contribution in [0.3, 0.4) is 0 Å². The van der Waals surface area contributed by atoms with E-state index >= 15 is 0 Å². The quantitative estimate of drug-likeness (QED) is 0.582. The number of pyridine rings is 1. The molecule has 1 aliphatic carbocycles. The molecule has 0 atom stereocenters. The first-order valence-electron chi connectivity index (χ1n) is 7.93. The highest BCUT2D eigenvalue weighted by Crippen LogP contribution is 2.50. The predicted octanol–water partition coefficient (Wildman–Crippen LogP) is 2.49. The van der Waals surface area contributed by atoms with Crippen LogP contribution >= 0.6 is 0 Å². The van der Waals surface area contributed by atoms with Crippen LogP contribution in [0, 0.1) is 5.82 Å². The first-order valence-corrected chi connectivity index (χ1v) is 7.93. The molecular weight excluding hydrogens is 309 g/mol. The van der Waals surface area contributed by atoms with Gasteiger partial charge in [-0.2, -0.15) is 0 Å². The number of benzene rings is 1. The van der Waals surface area contributed by atoms with Crippen LogP contribution in [0.1, 0.15) is 35.7 Å². The minimum atomic E-state index is -0.613. The van der Waals surface area contributed by atoms with E-state index in [1.165, 1.54) is 6.92 Å². The van der Waals surface area contributed by atoms with Gasteiger partial charge in [0.15, 0.2) is 5.78 Å². The summed E-state index contributed by atoms with van der Waals surface area (Å²) in [5.41, 5.74) is 7.59. The lowest BCUT2D eigenvalue weighted by molar-refractivity contribution is 0.0277. The normalized spacial score (nSPS) is 24.4. The molecule has 1 aromatic heterocycles. The maximum Gasteiger partial charge on any atom is 0.164 e. The van der Waals surface area contributed by atoms with Crippen molar-refractivity contribution in [1.82, 2.24) is 4.98 Å². The minimum absolute atomic E-state index is 0.0834. The number of rotatable bonds is 2. The number of aliphatic hydroxyl groups is 1. The lowest BCUT2D eigenvalue weighted by Gasteiger charge is -2.42. The number of anilines is 2. The van der Waals surface area contributed by atoms with Gasteiger partial charge in [0.1, 0.15) is 11.6 Å². The number of nitrogens with two attached hydrogens (primary N) is 1. The van der Waals surface area contributed by atoms with E-state index in [1.54, 1.807) is 18.3 Å². The Morgan fingerprint density at radius 3 is 2.88 bits per heavy atom. The van der Waals surface area contributed by atoms with E-state index in [4.69, 9.17) is 5.73 Å². The van der Waals surface area contributed by atoms with E-state index in [2.05, 4.69) is 10.3 Å². The van der Waals surface area contributed by atoms with Gasteiger partial charge in [-0.05, 0) is 38.0 Å². The highest BCUT2D eigenvalue weighted by Gasteiger charge is 2.49. The number of fused-ring (bicyclic) bond motifs is 2. The number of ketones is 1. The number of aromatic nitrogens is 1. The SMILES string of the molecule is CC(=O)c1c(N)ccc(-c2cnc3c(c2)C2(CN3)CC(O)C2)c1F. The molecule has 0 amide bonds. The van der Waals surface area contributed by atoms with Crippen LogP contribution in [0.5, 0.6) is 0 Å². The van der Waals surface area contributed by atoms with Gasteiger partial charge in [0, 0.05) is 40.5 Å². The summed E-state index contributed by atoms with van der Waals surface area (Å²) >= 11 is 0. The fourth-order valence-electron chi connectivity index (χ4n) is 3.88. The van der Waals surface area contributed by atoms with Crippen molar-refractivity contribution < 1.29 is 14.3 Å². The van der Waals surface area contributed by atoms with Gasteiger partial charge < -0.3 is 16.2 Å². The fraction of sp³-hybridized carbons (Fsp3) is 0.333. The number of Topliss-reactive ketones (excluding diaryl/α,β-unsaturated/α-hetero) is 1. The number of hydrogen-bond acceptors (Lipinski definition) is 5. The third-order valence-electron chi connectivity index (χ3n) is 5.14. The van der Waals surface area contributed by atoms with Crippen molar-refractivity contribution in [3.8, 4) is 11.1 Å². The molecule has 6 heteroatoms. The van der Waals surface area contributed by atoms with Crippen molar-refractivity contribution in [1.29, 1.82) is 0 Å². The molecule has 1 aromatic carbocycles. The summed E-state index contributed by atoms with van der Waals surface area (Å²) in [5.74, 6) is -0.229. The second-order valence-electron chi connectivity index (χ2n) is 6.76.